The van der Waals surface area contributed by atoms with Crippen LogP contribution in [0.3, 0.4) is 0 Å². The van der Waals surface area contributed by atoms with Crippen molar-refractivity contribution in [2.75, 3.05) is 36.4 Å². The molecule has 1 fully saturated rings. The molecule has 0 atom stereocenters. The summed E-state index contributed by atoms with van der Waals surface area (Å²) in [5.41, 5.74) is 6.38. The minimum absolute atomic E-state index is 0.270. The van der Waals surface area contributed by atoms with Gasteiger partial charge in [-0.15, -0.1) is 0 Å². The number of aromatic amines is 2. The van der Waals surface area contributed by atoms with Crippen molar-refractivity contribution in [3.63, 3.8) is 0 Å². The highest BCUT2D eigenvalue weighted by atomic mass is 16.1. The molecule has 3 aromatic heterocycles. The number of rotatable bonds is 4. The second-order valence-corrected chi connectivity index (χ2v) is 7.76. The Kier molecular flexibility index (Phi) is 4.87. The van der Waals surface area contributed by atoms with Gasteiger partial charge >= 0.3 is 0 Å². The Morgan fingerprint density at radius 1 is 1.10 bits per heavy atom. The first-order valence-corrected chi connectivity index (χ1v) is 10.3. The van der Waals surface area contributed by atoms with Gasteiger partial charge in [-0.1, -0.05) is 12.1 Å². The smallest absolute Gasteiger partial charge is 0.276 e. The van der Waals surface area contributed by atoms with Gasteiger partial charge in [0.2, 0.25) is 0 Å². The Hall–Kier alpha value is -3.72. The van der Waals surface area contributed by atoms with Gasteiger partial charge < -0.3 is 15.5 Å². The van der Waals surface area contributed by atoms with Gasteiger partial charge in [-0.25, -0.2) is 4.98 Å². The zero-order valence-corrected chi connectivity index (χ0v) is 17.5. The number of aromatic nitrogens is 5. The number of fused-ring (bicyclic) bond motifs is 1. The average Bonchev–Trinajstić information content (AvgIpc) is 3.37. The van der Waals surface area contributed by atoms with Crippen molar-refractivity contribution in [2.45, 2.75) is 13.8 Å². The number of pyridine rings is 1. The predicted molar refractivity (Wildman–Crippen MR) is 120 cm³/mol. The summed E-state index contributed by atoms with van der Waals surface area (Å²) < 4.78 is 0. The third kappa shape index (κ3) is 3.64. The molecule has 0 bridgehead atoms. The summed E-state index contributed by atoms with van der Waals surface area (Å²) >= 11 is 0. The number of hydrogen-bond donors (Lipinski definition) is 4. The van der Waals surface area contributed by atoms with Crippen LogP contribution in [0.4, 0.5) is 11.4 Å². The van der Waals surface area contributed by atoms with Crippen LogP contribution < -0.4 is 15.5 Å². The number of carbonyl (C=O) groups is 1. The second-order valence-electron chi connectivity index (χ2n) is 7.76. The number of carbonyl (C=O) groups excluding carboxylic acids is 1. The highest BCUT2D eigenvalue weighted by Gasteiger charge is 2.17. The number of aryl methyl sites for hydroxylation is 1. The minimum atomic E-state index is -0.270. The van der Waals surface area contributed by atoms with Crippen molar-refractivity contribution >= 4 is 28.3 Å². The van der Waals surface area contributed by atoms with E-state index >= 15 is 0 Å². The summed E-state index contributed by atoms with van der Waals surface area (Å²) in [6.07, 6.45) is 1.61. The molecule has 4 heterocycles. The van der Waals surface area contributed by atoms with Crippen LogP contribution in [0.25, 0.3) is 22.3 Å². The lowest BCUT2D eigenvalue weighted by molar-refractivity contribution is 0.102. The molecule has 5 rings (SSSR count). The normalized spacial score (nSPS) is 14.2. The molecule has 158 valence electrons. The van der Waals surface area contributed by atoms with Crippen LogP contribution in [0.1, 0.15) is 21.7 Å². The fourth-order valence-electron chi connectivity index (χ4n) is 3.87. The third-order valence-corrected chi connectivity index (χ3v) is 5.75. The quantitative estimate of drug-likeness (QED) is 0.407. The lowest BCUT2D eigenvalue weighted by Gasteiger charge is -2.29. The van der Waals surface area contributed by atoms with Crippen molar-refractivity contribution < 1.29 is 4.79 Å². The SMILES string of the molecule is Cc1[nH]nc(C(=O)Nc2cnc3n[nH]c(-c4cccc(N5CCNCC5)c4)c3c2)c1C. The molecule has 1 aliphatic rings. The van der Waals surface area contributed by atoms with E-state index in [0.717, 1.165) is 54.1 Å². The molecule has 0 spiro atoms. The number of benzene rings is 1. The number of nitrogens with one attached hydrogen (secondary N) is 4. The van der Waals surface area contributed by atoms with Crippen LogP contribution in [0.5, 0.6) is 0 Å². The summed E-state index contributed by atoms with van der Waals surface area (Å²) in [4.78, 5) is 19.4. The monoisotopic (exact) mass is 416 g/mol. The average molecular weight is 416 g/mol. The highest BCUT2D eigenvalue weighted by molar-refractivity contribution is 6.05. The van der Waals surface area contributed by atoms with Gasteiger partial charge in [0.15, 0.2) is 11.3 Å². The Labute approximate surface area is 179 Å². The van der Waals surface area contributed by atoms with Gasteiger partial charge in [0, 0.05) is 54.1 Å². The molecule has 0 radical (unpaired) electrons. The fraction of sp³-hybridized carbons (Fsp3) is 0.273. The number of nitrogens with zero attached hydrogens (tertiary/aromatic N) is 4. The number of anilines is 2. The van der Waals surface area contributed by atoms with E-state index in [4.69, 9.17) is 0 Å². The topological polar surface area (TPSA) is 115 Å². The van der Waals surface area contributed by atoms with Gasteiger partial charge in [-0.05, 0) is 32.0 Å². The Morgan fingerprint density at radius 3 is 2.71 bits per heavy atom. The third-order valence-electron chi connectivity index (χ3n) is 5.75. The molecule has 0 unspecified atom stereocenters. The van der Waals surface area contributed by atoms with Gasteiger partial charge in [-0.3, -0.25) is 15.0 Å². The summed E-state index contributed by atoms with van der Waals surface area (Å²) in [5, 5.41) is 21.5. The highest BCUT2D eigenvalue weighted by Crippen LogP contribution is 2.30. The summed E-state index contributed by atoms with van der Waals surface area (Å²) in [6.45, 7) is 7.69. The molecular formula is C22H24N8O. The Bertz CT molecular complexity index is 1250. The molecule has 1 saturated heterocycles. The van der Waals surface area contributed by atoms with Gasteiger partial charge in [0.1, 0.15) is 0 Å². The van der Waals surface area contributed by atoms with Gasteiger partial charge in [-0.2, -0.15) is 10.2 Å². The van der Waals surface area contributed by atoms with Crippen molar-refractivity contribution in [1.82, 2.24) is 30.7 Å². The summed E-state index contributed by atoms with van der Waals surface area (Å²) in [6, 6.07) is 10.3. The van der Waals surface area contributed by atoms with E-state index in [1.54, 1.807) is 6.20 Å². The first kappa shape index (κ1) is 19.3. The second kappa shape index (κ2) is 7.84. The lowest BCUT2D eigenvalue weighted by atomic mass is 10.1. The maximum Gasteiger partial charge on any atom is 0.276 e. The molecular weight excluding hydrogens is 392 g/mol. The molecule has 9 heteroatoms. The largest absolute Gasteiger partial charge is 0.369 e. The van der Waals surface area contributed by atoms with Crippen molar-refractivity contribution in [2.24, 2.45) is 0 Å². The van der Waals surface area contributed by atoms with Gasteiger partial charge in [0.25, 0.3) is 5.91 Å². The van der Waals surface area contributed by atoms with E-state index < -0.39 is 0 Å². The zero-order valence-electron chi connectivity index (χ0n) is 17.5. The van der Waals surface area contributed by atoms with E-state index in [2.05, 4.69) is 65.2 Å². The van der Waals surface area contributed by atoms with Crippen LogP contribution in [0.15, 0.2) is 36.5 Å². The molecule has 9 nitrogen and oxygen atoms in total. The summed E-state index contributed by atoms with van der Waals surface area (Å²) in [5.74, 6) is -0.270. The maximum absolute atomic E-state index is 12.6. The van der Waals surface area contributed by atoms with Crippen molar-refractivity contribution in [1.29, 1.82) is 0 Å². The maximum atomic E-state index is 12.6. The first-order valence-electron chi connectivity index (χ1n) is 10.3. The number of amides is 1. The molecule has 0 aliphatic carbocycles. The molecule has 1 aromatic carbocycles. The summed E-state index contributed by atoms with van der Waals surface area (Å²) in [7, 11) is 0. The fourth-order valence-corrected chi connectivity index (χ4v) is 3.87. The van der Waals surface area contributed by atoms with E-state index in [1.807, 2.05) is 19.9 Å². The van der Waals surface area contributed by atoms with Gasteiger partial charge in [0.05, 0.1) is 17.6 Å². The number of H-pyrrole nitrogens is 2. The van der Waals surface area contributed by atoms with Crippen LogP contribution in [0, 0.1) is 13.8 Å². The molecule has 4 N–H and O–H groups in total. The molecule has 1 amide bonds. The van der Waals surface area contributed by atoms with Crippen LogP contribution >= 0.6 is 0 Å². The Balaban J connectivity index is 1.45. The van der Waals surface area contributed by atoms with Crippen molar-refractivity contribution in [3.05, 3.63) is 53.5 Å². The van der Waals surface area contributed by atoms with Crippen LogP contribution in [-0.4, -0.2) is 57.5 Å². The standard InChI is InChI=1S/C22H24N8O/c1-13-14(2)26-27-19(13)22(31)25-16-11-18-20(28-29-21(18)24-12-16)15-4-3-5-17(10-15)30-8-6-23-7-9-30/h3-5,10-12,23H,6-9H2,1-2H3,(H,25,31)(H,26,27)(H,24,28,29). The Morgan fingerprint density at radius 2 is 1.94 bits per heavy atom. The number of hydrogen-bond acceptors (Lipinski definition) is 6. The van der Waals surface area contributed by atoms with E-state index in [0.29, 0.717) is 17.0 Å². The van der Waals surface area contributed by atoms with Crippen molar-refractivity contribution in [3.8, 4) is 11.3 Å². The lowest BCUT2D eigenvalue weighted by Crippen LogP contribution is -2.43. The van der Waals surface area contributed by atoms with E-state index in [-0.39, 0.29) is 5.91 Å². The van der Waals surface area contributed by atoms with Crippen LogP contribution in [0.2, 0.25) is 0 Å². The van der Waals surface area contributed by atoms with E-state index in [9.17, 15) is 4.79 Å². The molecule has 1 aliphatic heterocycles. The molecule has 4 aromatic rings. The molecule has 31 heavy (non-hydrogen) atoms. The minimum Gasteiger partial charge on any atom is -0.369 e. The van der Waals surface area contributed by atoms with E-state index in [1.165, 1.54) is 5.69 Å². The zero-order chi connectivity index (χ0) is 21.4. The number of piperazine rings is 1. The van der Waals surface area contributed by atoms with Crippen LogP contribution in [-0.2, 0) is 0 Å². The molecule has 0 saturated carbocycles. The predicted octanol–water partition coefficient (Wildman–Crippen LogP) is 2.63. The first-order chi connectivity index (χ1) is 15.1.